The van der Waals surface area contributed by atoms with E-state index in [1.54, 1.807) is 0 Å². The third-order valence-corrected chi connectivity index (χ3v) is 2.21. The van der Waals surface area contributed by atoms with Crippen LogP contribution in [-0.4, -0.2) is 7.05 Å². The number of rotatable bonds is 2. The summed E-state index contributed by atoms with van der Waals surface area (Å²) in [4.78, 5) is 0. The fourth-order valence-corrected chi connectivity index (χ4v) is 1.32. The minimum atomic E-state index is 0.792. The zero-order chi connectivity index (χ0) is 13.6. The van der Waals surface area contributed by atoms with E-state index in [0.717, 1.165) is 11.6 Å². The van der Waals surface area contributed by atoms with E-state index in [0.29, 0.717) is 0 Å². The van der Waals surface area contributed by atoms with Crippen molar-refractivity contribution in [3.8, 4) is 0 Å². The monoisotopic (exact) mass is 263 g/mol. The quantitative estimate of drug-likeness (QED) is 0.823. The Bertz CT molecular complexity index is 343. The van der Waals surface area contributed by atoms with Gasteiger partial charge < -0.3 is 5.32 Å². The van der Waals surface area contributed by atoms with Gasteiger partial charge in [0.25, 0.3) is 0 Å². The maximum Gasteiger partial charge on any atom is 0.0406 e. The molecule has 0 heterocycles. The van der Waals surface area contributed by atoms with E-state index in [4.69, 9.17) is 11.6 Å². The molecule has 0 radical (unpaired) electrons. The molecule has 2 heteroatoms. The fourth-order valence-electron chi connectivity index (χ4n) is 1.19. The van der Waals surface area contributed by atoms with Crippen molar-refractivity contribution in [2.75, 3.05) is 7.05 Å². The molecule has 2 rings (SSSR count). The largest absolute Gasteiger partial charge is 0.316 e. The molecule has 0 fully saturated rings. The molecule has 1 nitrogen and oxygen atoms in total. The van der Waals surface area contributed by atoms with E-state index >= 15 is 0 Å². The summed E-state index contributed by atoms with van der Waals surface area (Å²) in [6.45, 7) is 4.90. The summed E-state index contributed by atoms with van der Waals surface area (Å²) in [5.41, 5.74) is 1.26. The average Bonchev–Trinajstić information content (AvgIpc) is 2.46. The highest BCUT2D eigenvalue weighted by Crippen LogP contribution is 2.08. The van der Waals surface area contributed by atoms with Gasteiger partial charge in [0.1, 0.15) is 0 Å². The van der Waals surface area contributed by atoms with Gasteiger partial charge in [-0.2, -0.15) is 0 Å². The molecule has 0 spiro atoms. The van der Waals surface area contributed by atoms with E-state index in [1.807, 2.05) is 81.6 Å². The molecule has 0 aromatic heterocycles. The molecule has 0 bridgehead atoms. The van der Waals surface area contributed by atoms with Crippen LogP contribution in [0.4, 0.5) is 0 Å². The lowest BCUT2D eigenvalue weighted by Gasteiger charge is -1.97. The van der Waals surface area contributed by atoms with Gasteiger partial charge in [-0.05, 0) is 24.7 Å². The average molecular weight is 264 g/mol. The molecular formula is C16H22ClN. The maximum atomic E-state index is 5.69. The van der Waals surface area contributed by atoms with Crippen molar-refractivity contribution in [3.63, 3.8) is 0 Å². The fraction of sp³-hybridized carbons (Fsp3) is 0.250. The zero-order valence-electron chi connectivity index (χ0n) is 11.4. The standard InChI is InChI=1S/C8H10ClN.C6H6.C2H6/c1-10-6-7-2-4-8(9)5-3-7;1-2-4-6-5-3-1;1-2/h2-5,10H,6H2,1H3;1-6H;1-2H3. The van der Waals surface area contributed by atoms with Gasteiger partial charge in [-0.15, -0.1) is 0 Å². The number of benzene rings is 2. The number of hydrogen-bond donors (Lipinski definition) is 1. The summed E-state index contributed by atoms with van der Waals surface area (Å²) in [7, 11) is 1.93. The lowest BCUT2D eigenvalue weighted by atomic mass is 10.2. The lowest BCUT2D eigenvalue weighted by molar-refractivity contribution is 0.818. The molecule has 0 unspecified atom stereocenters. The highest BCUT2D eigenvalue weighted by molar-refractivity contribution is 6.30. The van der Waals surface area contributed by atoms with Crippen molar-refractivity contribution in [3.05, 3.63) is 71.2 Å². The van der Waals surface area contributed by atoms with Crippen LogP contribution in [0.25, 0.3) is 0 Å². The van der Waals surface area contributed by atoms with Crippen LogP contribution in [0.15, 0.2) is 60.7 Å². The summed E-state index contributed by atoms with van der Waals surface area (Å²) in [6, 6.07) is 19.8. The van der Waals surface area contributed by atoms with Gasteiger partial charge in [-0.1, -0.05) is 74.0 Å². The molecular weight excluding hydrogens is 242 g/mol. The summed E-state index contributed by atoms with van der Waals surface area (Å²) in [5, 5.41) is 3.85. The first-order chi connectivity index (χ1) is 8.83. The van der Waals surface area contributed by atoms with Crippen molar-refractivity contribution < 1.29 is 0 Å². The van der Waals surface area contributed by atoms with E-state index in [9.17, 15) is 0 Å². The molecule has 0 aliphatic carbocycles. The maximum absolute atomic E-state index is 5.69. The van der Waals surface area contributed by atoms with Gasteiger partial charge in [0.05, 0.1) is 0 Å². The Hall–Kier alpha value is -1.31. The Labute approximate surface area is 116 Å². The van der Waals surface area contributed by atoms with Crippen LogP contribution < -0.4 is 5.32 Å². The van der Waals surface area contributed by atoms with Crippen LogP contribution in [0.2, 0.25) is 5.02 Å². The summed E-state index contributed by atoms with van der Waals surface area (Å²) < 4.78 is 0. The highest BCUT2D eigenvalue weighted by atomic mass is 35.5. The second kappa shape index (κ2) is 12.2. The Morgan fingerprint density at radius 3 is 1.56 bits per heavy atom. The summed E-state index contributed by atoms with van der Waals surface area (Å²) in [5.74, 6) is 0. The van der Waals surface area contributed by atoms with Gasteiger partial charge in [0, 0.05) is 11.6 Å². The van der Waals surface area contributed by atoms with Gasteiger partial charge in [0.2, 0.25) is 0 Å². The van der Waals surface area contributed by atoms with E-state index < -0.39 is 0 Å². The van der Waals surface area contributed by atoms with Gasteiger partial charge in [0.15, 0.2) is 0 Å². The third-order valence-electron chi connectivity index (χ3n) is 1.96. The highest BCUT2D eigenvalue weighted by Gasteiger charge is 1.88. The number of halogens is 1. The van der Waals surface area contributed by atoms with E-state index in [2.05, 4.69) is 5.32 Å². The Morgan fingerprint density at radius 2 is 1.22 bits per heavy atom. The van der Waals surface area contributed by atoms with Gasteiger partial charge >= 0.3 is 0 Å². The molecule has 1 N–H and O–H groups in total. The zero-order valence-corrected chi connectivity index (χ0v) is 12.1. The summed E-state index contributed by atoms with van der Waals surface area (Å²) >= 11 is 5.69. The first kappa shape index (κ1) is 16.7. The third kappa shape index (κ3) is 8.80. The smallest absolute Gasteiger partial charge is 0.0406 e. The van der Waals surface area contributed by atoms with Crippen LogP contribution in [0.1, 0.15) is 19.4 Å². The topological polar surface area (TPSA) is 12.0 Å². The van der Waals surface area contributed by atoms with Gasteiger partial charge in [-0.3, -0.25) is 0 Å². The molecule has 0 atom stereocenters. The van der Waals surface area contributed by atoms with Gasteiger partial charge in [-0.25, -0.2) is 0 Å². The van der Waals surface area contributed by atoms with Crippen LogP contribution in [0.5, 0.6) is 0 Å². The molecule has 2 aromatic rings. The predicted molar refractivity (Wildman–Crippen MR) is 82.0 cm³/mol. The molecule has 18 heavy (non-hydrogen) atoms. The lowest BCUT2D eigenvalue weighted by Crippen LogP contribution is -2.04. The predicted octanol–water partition coefficient (Wildman–Crippen LogP) is 4.77. The number of hydrogen-bond acceptors (Lipinski definition) is 1. The SMILES string of the molecule is CC.CNCc1ccc(Cl)cc1.c1ccccc1. The molecule has 0 saturated heterocycles. The second-order valence-corrected chi connectivity index (χ2v) is 3.75. The summed E-state index contributed by atoms with van der Waals surface area (Å²) in [6.07, 6.45) is 0. The van der Waals surface area contributed by atoms with Crippen molar-refractivity contribution in [1.29, 1.82) is 0 Å². The molecule has 0 amide bonds. The first-order valence-electron chi connectivity index (χ1n) is 6.22. The minimum absolute atomic E-state index is 0.792. The van der Waals surface area contributed by atoms with Crippen molar-refractivity contribution >= 4 is 11.6 Å². The number of nitrogens with one attached hydrogen (secondary N) is 1. The molecule has 98 valence electrons. The van der Waals surface area contributed by atoms with E-state index in [-0.39, 0.29) is 0 Å². The van der Waals surface area contributed by atoms with Crippen molar-refractivity contribution in [2.24, 2.45) is 0 Å². The van der Waals surface area contributed by atoms with Crippen LogP contribution >= 0.6 is 11.6 Å². The normalized spacial score (nSPS) is 8.44. The van der Waals surface area contributed by atoms with Crippen molar-refractivity contribution in [2.45, 2.75) is 20.4 Å². The molecule has 0 aliphatic heterocycles. The second-order valence-electron chi connectivity index (χ2n) is 3.31. The van der Waals surface area contributed by atoms with Crippen molar-refractivity contribution in [1.82, 2.24) is 5.32 Å². The molecule has 0 aliphatic rings. The minimum Gasteiger partial charge on any atom is -0.316 e. The van der Waals surface area contributed by atoms with Crippen LogP contribution in [-0.2, 0) is 6.54 Å². The Balaban J connectivity index is 0.000000308. The Morgan fingerprint density at radius 1 is 0.833 bits per heavy atom. The van der Waals surface area contributed by atoms with Crippen LogP contribution in [0, 0.1) is 0 Å². The molecule has 0 saturated carbocycles. The first-order valence-corrected chi connectivity index (χ1v) is 6.60. The molecule has 2 aromatic carbocycles. The van der Waals surface area contributed by atoms with Crippen LogP contribution in [0.3, 0.4) is 0 Å². The van der Waals surface area contributed by atoms with E-state index in [1.165, 1.54) is 5.56 Å². The Kier molecular flexibility index (Phi) is 11.3.